The van der Waals surface area contributed by atoms with Gasteiger partial charge in [-0.3, -0.25) is 10.1 Å². The summed E-state index contributed by atoms with van der Waals surface area (Å²) >= 11 is 0. The van der Waals surface area contributed by atoms with Crippen molar-refractivity contribution in [1.29, 1.82) is 0 Å². The Morgan fingerprint density at radius 1 is 1.26 bits per heavy atom. The highest BCUT2D eigenvalue weighted by Gasteiger charge is 2.30. The van der Waals surface area contributed by atoms with Crippen LogP contribution in [0.5, 0.6) is 0 Å². The zero-order valence-corrected chi connectivity index (χ0v) is 16.1. The van der Waals surface area contributed by atoms with Crippen LogP contribution in [-0.2, 0) is 6.54 Å². The van der Waals surface area contributed by atoms with E-state index < -0.39 is 4.92 Å². The van der Waals surface area contributed by atoms with Gasteiger partial charge in [-0.2, -0.15) is 0 Å². The van der Waals surface area contributed by atoms with Crippen molar-refractivity contribution in [3.05, 3.63) is 51.8 Å². The highest BCUT2D eigenvalue weighted by molar-refractivity contribution is 5.70. The molecule has 1 fully saturated rings. The summed E-state index contributed by atoms with van der Waals surface area (Å²) in [7, 11) is 3.98. The molecule has 3 rings (SSSR count). The molecule has 2 heterocycles. The van der Waals surface area contributed by atoms with Crippen LogP contribution in [0, 0.1) is 17.0 Å². The van der Waals surface area contributed by atoms with E-state index in [1.807, 2.05) is 43.1 Å². The second-order valence-corrected chi connectivity index (χ2v) is 7.14. The molecule has 0 spiro atoms. The lowest BCUT2D eigenvalue weighted by molar-refractivity contribution is -0.383. The van der Waals surface area contributed by atoms with Crippen LogP contribution in [0.15, 0.2) is 30.6 Å². The number of nitrogens with one attached hydrogen (secondary N) is 1. The third-order valence-corrected chi connectivity index (χ3v) is 5.14. The normalized spacial score (nSPS) is 15.5. The Morgan fingerprint density at radius 2 is 1.93 bits per heavy atom. The number of piperidine rings is 1. The number of aromatic nitrogens is 2. The Hall–Kier alpha value is -2.74. The molecular weight excluding hydrogens is 344 g/mol. The van der Waals surface area contributed by atoms with E-state index in [0.717, 1.165) is 31.5 Å². The molecule has 1 aliphatic rings. The SMILES string of the molecule is Cc1ccc(CNc2ncnc(N(C)C3CCN(C)CC3)c2[N+](=O)[O-])cc1. The van der Waals surface area contributed by atoms with Gasteiger partial charge in [0.2, 0.25) is 11.6 Å². The standard InChI is InChI=1S/C19H26N6O2/c1-14-4-6-15(7-5-14)12-20-18-17(25(26)27)19(22-13-21-18)24(3)16-8-10-23(2)11-9-16/h4-7,13,16H,8-12H2,1-3H3,(H,20,21,22). The highest BCUT2D eigenvalue weighted by Crippen LogP contribution is 2.33. The van der Waals surface area contributed by atoms with Crippen molar-refractivity contribution in [2.75, 3.05) is 37.4 Å². The summed E-state index contributed by atoms with van der Waals surface area (Å²) in [6, 6.07) is 8.27. The van der Waals surface area contributed by atoms with Crippen LogP contribution in [0.2, 0.25) is 0 Å². The van der Waals surface area contributed by atoms with Gasteiger partial charge in [-0.1, -0.05) is 29.8 Å². The molecule has 0 aliphatic carbocycles. The van der Waals surface area contributed by atoms with Gasteiger partial charge in [0.15, 0.2) is 0 Å². The minimum absolute atomic E-state index is 0.0639. The van der Waals surface area contributed by atoms with Gasteiger partial charge in [-0.15, -0.1) is 0 Å². The van der Waals surface area contributed by atoms with Crippen LogP contribution in [0.3, 0.4) is 0 Å². The Kier molecular flexibility index (Phi) is 5.85. The lowest BCUT2D eigenvalue weighted by Gasteiger charge is -2.35. The summed E-state index contributed by atoms with van der Waals surface area (Å²) in [5, 5.41) is 14.9. The lowest BCUT2D eigenvalue weighted by atomic mass is 10.0. The molecule has 144 valence electrons. The van der Waals surface area contributed by atoms with Crippen molar-refractivity contribution in [3.8, 4) is 0 Å². The Bertz CT molecular complexity index is 787. The number of rotatable bonds is 6. The van der Waals surface area contributed by atoms with Crippen LogP contribution in [-0.4, -0.2) is 53.0 Å². The zero-order chi connectivity index (χ0) is 19.4. The van der Waals surface area contributed by atoms with Gasteiger partial charge < -0.3 is 15.1 Å². The average Bonchev–Trinajstić information content (AvgIpc) is 2.67. The first kappa shape index (κ1) is 19.0. The maximum Gasteiger partial charge on any atom is 0.353 e. The Labute approximate surface area is 159 Å². The molecule has 2 aromatic rings. The van der Waals surface area contributed by atoms with Gasteiger partial charge >= 0.3 is 5.69 Å². The highest BCUT2D eigenvalue weighted by atomic mass is 16.6. The van der Waals surface area contributed by atoms with Crippen LogP contribution in [0.4, 0.5) is 17.3 Å². The number of likely N-dealkylation sites (tertiary alicyclic amines) is 1. The van der Waals surface area contributed by atoms with Crippen LogP contribution < -0.4 is 10.2 Å². The number of benzene rings is 1. The number of nitro groups is 1. The first-order valence-corrected chi connectivity index (χ1v) is 9.16. The summed E-state index contributed by atoms with van der Waals surface area (Å²) in [4.78, 5) is 24.0. The van der Waals surface area contributed by atoms with Crippen molar-refractivity contribution < 1.29 is 4.92 Å². The molecule has 0 unspecified atom stereocenters. The second-order valence-electron chi connectivity index (χ2n) is 7.14. The van der Waals surface area contributed by atoms with E-state index in [1.54, 1.807) is 0 Å². The van der Waals surface area contributed by atoms with Crippen molar-refractivity contribution in [3.63, 3.8) is 0 Å². The van der Waals surface area contributed by atoms with Crippen LogP contribution in [0.25, 0.3) is 0 Å². The third-order valence-electron chi connectivity index (χ3n) is 5.14. The fourth-order valence-electron chi connectivity index (χ4n) is 3.37. The minimum atomic E-state index is -0.391. The topological polar surface area (TPSA) is 87.4 Å². The molecule has 1 aliphatic heterocycles. The van der Waals surface area contributed by atoms with Gasteiger partial charge in [0.1, 0.15) is 6.33 Å². The van der Waals surface area contributed by atoms with Crippen LogP contribution in [0.1, 0.15) is 24.0 Å². The van der Waals surface area contributed by atoms with E-state index in [0.29, 0.717) is 12.4 Å². The monoisotopic (exact) mass is 370 g/mol. The Morgan fingerprint density at radius 3 is 2.56 bits per heavy atom. The Balaban J connectivity index is 1.81. The number of hydrogen-bond acceptors (Lipinski definition) is 7. The molecule has 27 heavy (non-hydrogen) atoms. The van der Waals surface area contributed by atoms with Gasteiger partial charge in [0.25, 0.3) is 0 Å². The fourth-order valence-corrected chi connectivity index (χ4v) is 3.37. The molecule has 0 saturated carbocycles. The molecule has 1 aromatic heterocycles. The summed E-state index contributed by atoms with van der Waals surface area (Å²) in [5.74, 6) is 0.626. The predicted octanol–water partition coefficient (Wildman–Crippen LogP) is 2.84. The molecule has 1 aromatic carbocycles. The summed E-state index contributed by atoms with van der Waals surface area (Å²) in [6.07, 6.45) is 3.31. The minimum Gasteiger partial charge on any atom is -0.360 e. The summed E-state index contributed by atoms with van der Waals surface area (Å²) in [6.45, 7) is 4.45. The first-order valence-electron chi connectivity index (χ1n) is 9.16. The molecule has 0 radical (unpaired) electrons. The molecule has 0 atom stereocenters. The maximum absolute atomic E-state index is 11.8. The van der Waals surface area contributed by atoms with Crippen LogP contribution >= 0.6 is 0 Å². The summed E-state index contributed by atoms with van der Waals surface area (Å²) < 4.78 is 0. The molecule has 8 heteroatoms. The lowest BCUT2D eigenvalue weighted by Crippen LogP contribution is -2.42. The second kappa shape index (κ2) is 8.30. The third kappa shape index (κ3) is 4.51. The largest absolute Gasteiger partial charge is 0.360 e. The molecule has 0 amide bonds. The van der Waals surface area contributed by atoms with Gasteiger partial charge in [0, 0.05) is 19.6 Å². The molecular formula is C19H26N6O2. The van der Waals surface area contributed by atoms with Gasteiger partial charge in [0.05, 0.1) is 4.92 Å². The predicted molar refractivity (Wildman–Crippen MR) is 106 cm³/mol. The van der Waals surface area contributed by atoms with E-state index in [2.05, 4.69) is 27.2 Å². The number of hydrogen-bond donors (Lipinski definition) is 1. The number of nitrogens with zero attached hydrogens (tertiary/aromatic N) is 5. The smallest absolute Gasteiger partial charge is 0.353 e. The molecule has 1 N–H and O–H groups in total. The quantitative estimate of drug-likeness (QED) is 0.618. The van der Waals surface area contributed by atoms with Crippen molar-refractivity contribution in [2.45, 2.75) is 32.4 Å². The zero-order valence-electron chi connectivity index (χ0n) is 16.1. The van der Waals surface area contributed by atoms with E-state index in [1.165, 1.54) is 11.9 Å². The van der Waals surface area contributed by atoms with E-state index in [9.17, 15) is 10.1 Å². The number of aryl methyl sites for hydroxylation is 1. The van der Waals surface area contributed by atoms with Crippen molar-refractivity contribution >= 4 is 17.3 Å². The molecule has 1 saturated heterocycles. The number of anilines is 2. The van der Waals surface area contributed by atoms with Gasteiger partial charge in [-0.05, 0) is 45.5 Å². The van der Waals surface area contributed by atoms with E-state index >= 15 is 0 Å². The van der Waals surface area contributed by atoms with E-state index in [4.69, 9.17) is 0 Å². The first-order chi connectivity index (χ1) is 13.0. The maximum atomic E-state index is 11.8. The average molecular weight is 370 g/mol. The van der Waals surface area contributed by atoms with Gasteiger partial charge in [-0.25, -0.2) is 9.97 Å². The molecule has 0 bridgehead atoms. The summed E-state index contributed by atoms with van der Waals surface area (Å²) in [5.41, 5.74) is 2.15. The fraction of sp³-hybridized carbons (Fsp3) is 0.474. The van der Waals surface area contributed by atoms with E-state index in [-0.39, 0.29) is 17.5 Å². The molecule has 8 nitrogen and oxygen atoms in total. The van der Waals surface area contributed by atoms with Crippen molar-refractivity contribution in [1.82, 2.24) is 14.9 Å². The van der Waals surface area contributed by atoms with Crippen molar-refractivity contribution in [2.24, 2.45) is 0 Å².